The Bertz CT molecular complexity index is 1500. The zero-order valence-electron chi connectivity index (χ0n) is 23.2. The third-order valence-electron chi connectivity index (χ3n) is 7.20. The van der Waals surface area contributed by atoms with E-state index in [-0.39, 0.29) is 0 Å². The molecule has 0 unspecified atom stereocenters. The van der Waals surface area contributed by atoms with Crippen LogP contribution in [0.4, 0.5) is 0 Å². The average Bonchev–Trinajstić information content (AvgIpc) is 3.74. The van der Waals surface area contributed by atoms with Crippen LogP contribution < -0.4 is 0 Å². The molecule has 6 heteroatoms. The molecule has 0 radical (unpaired) electrons. The minimum absolute atomic E-state index is 1.11. The molecule has 0 atom stereocenters. The van der Waals surface area contributed by atoms with E-state index >= 15 is 0 Å². The van der Waals surface area contributed by atoms with Gasteiger partial charge >= 0.3 is 0 Å². The van der Waals surface area contributed by atoms with Crippen LogP contribution >= 0.6 is 77.2 Å². The lowest BCUT2D eigenvalue weighted by atomic mass is 10.0. The monoisotopic (exact) mass is 730 g/mol. The summed E-state index contributed by atoms with van der Waals surface area (Å²) < 4.78 is 2.22. The number of halogens is 2. The summed E-state index contributed by atoms with van der Waals surface area (Å²) in [6.45, 7) is 4.57. The maximum absolute atomic E-state index is 3.69. The summed E-state index contributed by atoms with van der Waals surface area (Å²) in [6, 6.07) is 20.7. The van der Waals surface area contributed by atoms with Crippen molar-refractivity contribution in [3.8, 4) is 39.7 Å². The molecule has 0 aliphatic rings. The molecule has 0 N–H and O–H groups in total. The molecule has 0 spiro atoms. The zero-order valence-corrected chi connectivity index (χ0v) is 29.7. The molecule has 0 bridgehead atoms. The van der Waals surface area contributed by atoms with Crippen molar-refractivity contribution in [3.63, 3.8) is 0 Å². The Morgan fingerprint density at radius 2 is 1.10 bits per heavy atom. The summed E-state index contributed by atoms with van der Waals surface area (Å²) in [7, 11) is 0. The van der Waals surface area contributed by atoms with E-state index in [0.29, 0.717) is 0 Å². The van der Waals surface area contributed by atoms with E-state index in [4.69, 9.17) is 0 Å². The van der Waals surface area contributed by atoms with Gasteiger partial charge in [0, 0.05) is 43.1 Å². The van der Waals surface area contributed by atoms with Crippen molar-refractivity contribution in [3.05, 3.63) is 80.0 Å². The number of benzene rings is 1. The first-order valence-corrected chi connectivity index (χ1v) is 19.3. The predicted octanol–water partition coefficient (Wildman–Crippen LogP) is 14.4. The summed E-state index contributed by atoms with van der Waals surface area (Å²) in [4.78, 5) is 9.84. The first kappa shape index (κ1) is 30.4. The highest BCUT2D eigenvalue weighted by atomic mass is 79.9. The second-order valence-corrected chi connectivity index (χ2v) is 16.3. The number of hydrogen-bond acceptors (Lipinski definition) is 4. The molecule has 0 nitrogen and oxygen atoms in total. The minimum Gasteiger partial charge on any atom is -0.143 e. The van der Waals surface area contributed by atoms with Crippen molar-refractivity contribution in [2.24, 2.45) is 0 Å². The van der Waals surface area contributed by atoms with Gasteiger partial charge in [-0.05, 0) is 102 Å². The molecule has 4 aromatic heterocycles. The quantitative estimate of drug-likeness (QED) is 0.0998. The highest BCUT2D eigenvalue weighted by Gasteiger charge is 2.17. The van der Waals surface area contributed by atoms with E-state index in [0.717, 1.165) is 15.4 Å². The third-order valence-corrected chi connectivity index (χ3v) is 13.0. The number of aryl methyl sites for hydroxylation is 2. The van der Waals surface area contributed by atoms with Crippen LogP contribution in [0.15, 0.2) is 68.9 Å². The first-order valence-electron chi connectivity index (χ1n) is 14.4. The largest absolute Gasteiger partial charge is 0.143 e. The van der Waals surface area contributed by atoms with Gasteiger partial charge in [0.05, 0.1) is 0 Å². The molecular weight excluding hydrogens is 696 g/mol. The van der Waals surface area contributed by atoms with Crippen molar-refractivity contribution in [1.82, 2.24) is 0 Å². The maximum Gasteiger partial charge on any atom is 0.0481 e. The highest BCUT2D eigenvalue weighted by molar-refractivity contribution is 9.11. The van der Waals surface area contributed by atoms with Crippen molar-refractivity contribution in [2.75, 3.05) is 0 Å². The Kier molecular flexibility index (Phi) is 11.4. The van der Waals surface area contributed by atoms with Crippen LogP contribution in [-0.4, -0.2) is 0 Å². The van der Waals surface area contributed by atoms with Crippen LogP contribution in [0.2, 0.25) is 0 Å². The molecule has 1 aromatic carbocycles. The molecular formula is C34H36Br2S4. The number of unbranched alkanes of at least 4 members (excludes halogenated alkanes) is 6. The average molecular weight is 733 g/mol. The van der Waals surface area contributed by atoms with Crippen molar-refractivity contribution in [1.29, 1.82) is 0 Å². The highest BCUT2D eigenvalue weighted by Crippen LogP contribution is 2.46. The Hall–Kier alpha value is -1.02. The Balaban J connectivity index is 1.39. The van der Waals surface area contributed by atoms with Crippen LogP contribution in [0.3, 0.4) is 0 Å². The first-order chi connectivity index (χ1) is 19.6. The van der Waals surface area contributed by atoms with Crippen molar-refractivity contribution >= 4 is 77.2 Å². The zero-order chi connectivity index (χ0) is 27.9. The van der Waals surface area contributed by atoms with Gasteiger partial charge in [0.2, 0.25) is 0 Å². The third kappa shape index (κ3) is 7.67. The molecule has 5 rings (SSSR count). The molecule has 0 saturated carbocycles. The lowest BCUT2D eigenvalue weighted by Gasteiger charge is -2.02. The number of hydrogen-bond donors (Lipinski definition) is 0. The van der Waals surface area contributed by atoms with Crippen molar-refractivity contribution < 1.29 is 0 Å². The van der Waals surface area contributed by atoms with Gasteiger partial charge < -0.3 is 0 Å². The van der Waals surface area contributed by atoms with Crippen LogP contribution in [-0.2, 0) is 12.8 Å². The Morgan fingerprint density at radius 3 is 1.73 bits per heavy atom. The molecule has 5 aromatic rings. The summed E-state index contributed by atoms with van der Waals surface area (Å²) in [6.07, 6.45) is 12.8. The maximum atomic E-state index is 3.69. The van der Waals surface area contributed by atoms with E-state index < -0.39 is 0 Å². The number of thiophene rings is 4. The second kappa shape index (κ2) is 14.9. The van der Waals surface area contributed by atoms with Gasteiger partial charge in [-0.3, -0.25) is 0 Å². The van der Waals surface area contributed by atoms with Gasteiger partial charge in [-0.15, -0.1) is 45.3 Å². The van der Waals surface area contributed by atoms with Gasteiger partial charge in [0.15, 0.2) is 0 Å². The smallest absolute Gasteiger partial charge is 0.0481 e. The van der Waals surface area contributed by atoms with Gasteiger partial charge in [-0.2, -0.15) is 0 Å². The lowest BCUT2D eigenvalue weighted by molar-refractivity contribution is 0.668. The van der Waals surface area contributed by atoms with Crippen LogP contribution in [0.5, 0.6) is 0 Å². The van der Waals surface area contributed by atoms with E-state index in [1.54, 1.807) is 0 Å². The standard InChI is InChI=1S/C34H36Br2S4/c1-3-5-7-9-11-23-17-18-37-33(23)30-15-13-28(38-30)29-14-16-31(39-29)34-24(12-10-8-6-4-2)21-32(40-34)25-19-26(35)22-27(36)20-25/h13-22H,3-12H2,1-2H3. The fraction of sp³-hybridized carbons (Fsp3) is 0.353. The van der Waals surface area contributed by atoms with E-state index in [1.165, 1.54) is 109 Å². The normalized spacial score (nSPS) is 11.5. The van der Waals surface area contributed by atoms with Crippen LogP contribution in [0.25, 0.3) is 39.7 Å². The minimum atomic E-state index is 1.11. The molecule has 0 saturated heterocycles. The summed E-state index contributed by atoms with van der Waals surface area (Å²) in [5, 5.41) is 2.27. The molecule has 4 heterocycles. The fourth-order valence-corrected chi connectivity index (χ4v) is 10.9. The molecule has 210 valence electrons. The topological polar surface area (TPSA) is 0 Å². The lowest BCUT2D eigenvalue weighted by Crippen LogP contribution is -1.85. The SMILES string of the molecule is CCCCCCc1ccsc1-c1ccc(-c2ccc(-c3sc(-c4cc(Br)cc(Br)c4)cc3CCCCCC)s2)s1. The van der Waals surface area contributed by atoms with Gasteiger partial charge in [-0.1, -0.05) is 84.2 Å². The van der Waals surface area contributed by atoms with Gasteiger partial charge in [0.1, 0.15) is 0 Å². The summed E-state index contributed by atoms with van der Waals surface area (Å²) in [5.74, 6) is 0. The summed E-state index contributed by atoms with van der Waals surface area (Å²) in [5.41, 5.74) is 4.30. The van der Waals surface area contributed by atoms with E-state index in [2.05, 4.69) is 106 Å². The Morgan fingerprint density at radius 1 is 0.525 bits per heavy atom. The van der Waals surface area contributed by atoms with Gasteiger partial charge in [-0.25, -0.2) is 0 Å². The predicted molar refractivity (Wildman–Crippen MR) is 191 cm³/mol. The van der Waals surface area contributed by atoms with Crippen molar-refractivity contribution in [2.45, 2.75) is 78.1 Å². The molecule has 40 heavy (non-hydrogen) atoms. The molecule has 0 fully saturated rings. The van der Waals surface area contributed by atoms with E-state index in [9.17, 15) is 0 Å². The molecule has 0 amide bonds. The van der Waals surface area contributed by atoms with E-state index in [1.807, 2.05) is 45.3 Å². The number of rotatable bonds is 14. The van der Waals surface area contributed by atoms with Gasteiger partial charge in [0.25, 0.3) is 0 Å². The summed E-state index contributed by atoms with van der Waals surface area (Å²) >= 11 is 15.1. The second-order valence-electron chi connectivity index (χ2n) is 10.3. The Labute approximate surface area is 272 Å². The molecule has 0 aliphatic heterocycles. The van der Waals surface area contributed by atoms with Crippen LogP contribution in [0, 0.1) is 0 Å². The van der Waals surface area contributed by atoms with Crippen LogP contribution in [0.1, 0.15) is 76.3 Å². The fourth-order valence-electron chi connectivity index (χ4n) is 5.08. The molecule has 0 aliphatic carbocycles.